The van der Waals surface area contributed by atoms with Crippen molar-refractivity contribution in [2.75, 3.05) is 18.9 Å². The second-order valence-corrected chi connectivity index (χ2v) is 5.07. The van der Waals surface area contributed by atoms with Crippen LogP contribution in [0.15, 0.2) is 36.4 Å². The molecule has 1 heterocycles. The predicted octanol–water partition coefficient (Wildman–Crippen LogP) is 2.60. The number of anilines is 1. The lowest BCUT2D eigenvalue weighted by atomic mass is 10.2. The average Bonchev–Trinajstić information content (AvgIpc) is 2.80. The van der Waals surface area contributed by atoms with Gasteiger partial charge < -0.3 is 10.6 Å². The normalized spacial score (nSPS) is 10.1. The highest BCUT2D eigenvalue weighted by molar-refractivity contribution is 5.89. The fourth-order valence-electron chi connectivity index (χ4n) is 2.15. The van der Waals surface area contributed by atoms with Gasteiger partial charge in [0.1, 0.15) is 5.82 Å². The molecule has 0 radical (unpaired) electrons. The van der Waals surface area contributed by atoms with Crippen LogP contribution in [0.2, 0.25) is 0 Å². The van der Waals surface area contributed by atoms with Crippen LogP contribution in [0.25, 0.3) is 0 Å². The smallest absolute Gasteiger partial charge is 0.225 e. The van der Waals surface area contributed by atoms with Crippen molar-refractivity contribution in [2.45, 2.75) is 26.3 Å². The Hall–Kier alpha value is -1.85. The number of rotatable bonds is 7. The number of nitrogens with one attached hydrogen (secondary N) is 2. The molecule has 0 saturated carbocycles. The summed E-state index contributed by atoms with van der Waals surface area (Å²) >= 11 is 0. The minimum absolute atomic E-state index is 0. The Morgan fingerprint density at radius 2 is 2.00 bits per heavy atom. The maximum absolute atomic E-state index is 11.9. The van der Waals surface area contributed by atoms with E-state index in [2.05, 4.69) is 27.9 Å². The third-order valence-electron chi connectivity index (χ3n) is 3.18. The molecule has 0 unspecified atom stereocenters. The molecule has 0 fully saturated rings. The molecule has 0 bridgehead atoms. The summed E-state index contributed by atoms with van der Waals surface area (Å²) in [7, 11) is 1.89. The van der Waals surface area contributed by atoms with Crippen molar-refractivity contribution >= 4 is 24.1 Å². The molecular formula is C16H23ClN4O. The first-order valence-electron chi connectivity index (χ1n) is 7.22. The molecule has 120 valence electrons. The first-order chi connectivity index (χ1) is 10.2. The van der Waals surface area contributed by atoms with E-state index in [1.54, 1.807) is 0 Å². The number of carbonyl (C=O) groups excluding carboxylic acids is 1. The quantitative estimate of drug-likeness (QED) is 0.770. The van der Waals surface area contributed by atoms with Crippen LogP contribution in [-0.4, -0.2) is 29.3 Å². The SMILES string of the molecule is CNCCCC(=O)Nc1cc(C)nn1Cc1ccccc1.Cl. The Morgan fingerprint density at radius 1 is 1.27 bits per heavy atom. The minimum atomic E-state index is 0. The number of amides is 1. The molecule has 1 aromatic heterocycles. The first-order valence-corrected chi connectivity index (χ1v) is 7.22. The lowest BCUT2D eigenvalue weighted by molar-refractivity contribution is -0.116. The molecule has 2 rings (SSSR count). The number of aromatic nitrogens is 2. The number of benzene rings is 1. The highest BCUT2D eigenvalue weighted by atomic mass is 35.5. The molecule has 0 atom stereocenters. The zero-order valence-corrected chi connectivity index (χ0v) is 13.8. The number of halogens is 1. The van der Waals surface area contributed by atoms with E-state index in [1.807, 2.05) is 42.9 Å². The van der Waals surface area contributed by atoms with Gasteiger partial charge >= 0.3 is 0 Å². The largest absolute Gasteiger partial charge is 0.320 e. The summed E-state index contributed by atoms with van der Waals surface area (Å²) in [5.74, 6) is 0.783. The summed E-state index contributed by atoms with van der Waals surface area (Å²) in [6, 6.07) is 12.0. The van der Waals surface area contributed by atoms with Crippen molar-refractivity contribution < 1.29 is 4.79 Å². The van der Waals surface area contributed by atoms with Gasteiger partial charge in [-0.1, -0.05) is 30.3 Å². The maximum atomic E-state index is 11.9. The monoisotopic (exact) mass is 322 g/mol. The average molecular weight is 323 g/mol. The Bertz CT molecular complexity index is 583. The van der Waals surface area contributed by atoms with Crippen LogP contribution >= 0.6 is 12.4 Å². The van der Waals surface area contributed by atoms with Crippen molar-refractivity contribution in [3.63, 3.8) is 0 Å². The van der Waals surface area contributed by atoms with Crippen molar-refractivity contribution in [3.05, 3.63) is 47.7 Å². The van der Waals surface area contributed by atoms with Crippen LogP contribution in [0.4, 0.5) is 5.82 Å². The number of nitrogens with zero attached hydrogens (tertiary/aromatic N) is 2. The highest BCUT2D eigenvalue weighted by Gasteiger charge is 2.09. The predicted molar refractivity (Wildman–Crippen MR) is 91.5 cm³/mol. The van der Waals surface area contributed by atoms with Crippen LogP contribution in [0, 0.1) is 6.92 Å². The summed E-state index contributed by atoms with van der Waals surface area (Å²) in [5, 5.41) is 10.4. The number of aryl methyl sites for hydroxylation is 1. The Morgan fingerprint density at radius 3 is 2.68 bits per heavy atom. The summed E-state index contributed by atoms with van der Waals surface area (Å²) in [6.45, 7) is 3.43. The molecule has 1 aromatic carbocycles. The topological polar surface area (TPSA) is 59.0 Å². The van der Waals surface area contributed by atoms with E-state index in [0.717, 1.165) is 30.0 Å². The molecule has 22 heavy (non-hydrogen) atoms. The molecule has 2 N–H and O–H groups in total. The Balaban J connectivity index is 0.00000242. The molecule has 1 amide bonds. The van der Waals surface area contributed by atoms with Crippen LogP contribution in [0.1, 0.15) is 24.1 Å². The van der Waals surface area contributed by atoms with E-state index >= 15 is 0 Å². The number of hydrogen-bond acceptors (Lipinski definition) is 3. The molecule has 2 aromatic rings. The van der Waals surface area contributed by atoms with E-state index in [9.17, 15) is 4.79 Å². The molecule has 0 saturated heterocycles. The Labute approximate surface area is 137 Å². The van der Waals surface area contributed by atoms with Gasteiger partial charge in [-0.15, -0.1) is 12.4 Å². The van der Waals surface area contributed by atoms with Gasteiger partial charge in [-0.05, 0) is 32.5 Å². The molecule has 0 spiro atoms. The Kier molecular flexibility index (Phi) is 7.63. The van der Waals surface area contributed by atoms with Crippen LogP contribution < -0.4 is 10.6 Å². The van der Waals surface area contributed by atoms with E-state index in [1.165, 1.54) is 0 Å². The van der Waals surface area contributed by atoms with Gasteiger partial charge in [0.2, 0.25) is 5.91 Å². The molecular weight excluding hydrogens is 300 g/mol. The van der Waals surface area contributed by atoms with Crippen molar-refractivity contribution in [1.82, 2.24) is 15.1 Å². The fraction of sp³-hybridized carbons (Fsp3) is 0.375. The molecule has 0 aliphatic carbocycles. The number of hydrogen-bond donors (Lipinski definition) is 2. The number of carbonyl (C=O) groups is 1. The van der Waals surface area contributed by atoms with Gasteiger partial charge in [0.05, 0.1) is 12.2 Å². The maximum Gasteiger partial charge on any atom is 0.225 e. The summed E-state index contributed by atoms with van der Waals surface area (Å²) in [5.41, 5.74) is 2.06. The van der Waals surface area contributed by atoms with E-state index in [-0.39, 0.29) is 18.3 Å². The van der Waals surface area contributed by atoms with Crippen molar-refractivity contribution in [1.29, 1.82) is 0 Å². The lowest BCUT2D eigenvalue weighted by Crippen LogP contribution is -2.17. The second-order valence-electron chi connectivity index (χ2n) is 5.07. The van der Waals surface area contributed by atoms with Gasteiger partial charge in [0.15, 0.2) is 0 Å². The van der Waals surface area contributed by atoms with Gasteiger partial charge in [0.25, 0.3) is 0 Å². The van der Waals surface area contributed by atoms with E-state index < -0.39 is 0 Å². The van der Waals surface area contributed by atoms with E-state index in [0.29, 0.717) is 13.0 Å². The van der Waals surface area contributed by atoms with Crippen molar-refractivity contribution in [2.24, 2.45) is 0 Å². The molecule has 5 nitrogen and oxygen atoms in total. The van der Waals surface area contributed by atoms with Gasteiger partial charge in [-0.2, -0.15) is 5.10 Å². The van der Waals surface area contributed by atoms with Gasteiger partial charge in [-0.3, -0.25) is 4.79 Å². The summed E-state index contributed by atoms with van der Waals surface area (Å²) < 4.78 is 1.83. The van der Waals surface area contributed by atoms with Gasteiger partial charge in [0, 0.05) is 12.5 Å². The summed E-state index contributed by atoms with van der Waals surface area (Å²) in [4.78, 5) is 11.9. The standard InChI is InChI=1S/C16H22N4O.ClH/c1-13-11-15(18-16(21)9-6-10-17-2)20(19-13)12-14-7-4-3-5-8-14;/h3-5,7-8,11,17H,6,9-10,12H2,1-2H3,(H,18,21);1H. The van der Waals surface area contributed by atoms with Crippen LogP contribution in [0.3, 0.4) is 0 Å². The van der Waals surface area contributed by atoms with E-state index in [4.69, 9.17) is 0 Å². The van der Waals surface area contributed by atoms with Gasteiger partial charge in [-0.25, -0.2) is 4.68 Å². The first kappa shape index (κ1) is 18.2. The van der Waals surface area contributed by atoms with Crippen molar-refractivity contribution in [3.8, 4) is 0 Å². The van der Waals surface area contributed by atoms with Crippen LogP contribution in [0.5, 0.6) is 0 Å². The minimum Gasteiger partial charge on any atom is -0.320 e. The second kappa shape index (κ2) is 9.23. The fourth-order valence-corrected chi connectivity index (χ4v) is 2.15. The molecule has 6 heteroatoms. The van der Waals surface area contributed by atoms with Crippen LogP contribution in [-0.2, 0) is 11.3 Å². The summed E-state index contributed by atoms with van der Waals surface area (Å²) in [6.07, 6.45) is 1.34. The zero-order valence-electron chi connectivity index (χ0n) is 13.0. The third-order valence-corrected chi connectivity index (χ3v) is 3.18. The molecule has 0 aliphatic rings. The highest BCUT2D eigenvalue weighted by Crippen LogP contribution is 2.13. The lowest BCUT2D eigenvalue weighted by Gasteiger charge is -2.09. The molecule has 0 aliphatic heterocycles. The third kappa shape index (κ3) is 5.50. The zero-order chi connectivity index (χ0) is 15.1.